The highest BCUT2D eigenvalue weighted by Crippen LogP contribution is 2.74. The third-order valence-electron chi connectivity index (χ3n) is 13.2. The fourth-order valence-electron chi connectivity index (χ4n) is 11.2. The van der Waals surface area contributed by atoms with Crippen LogP contribution in [0.3, 0.4) is 0 Å². The summed E-state index contributed by atoms with van der Waals surface area (Å²) >= 11 is 0. The van der Waals surface area contributed by atoms with Gasteiger partial charge in [0.2, 0.25) is 0 Å². The smallest absolute Gasteiger partial charge is 0.343 e. The highest BCUT2D eigenvalue weighted by Gasteiger charge is 2.80. The Kier molecular flexibility index (Phi) is 5.23. The summed E-state index contributed by atoms with van der Waals surface area (Å²) in [5, 5.41) is 47.6. The number of ether oxygens (including phenoxy) is 3. The van der Waals surface area contributed by atoms with Gasteiger partial charge in [0.05, 0.1) is 23.7 Å². The number of carbonyl (C=O) groups is 3. The van der Waals surface area contributed by atoms with Crippen LogP contribution in [0.2, 0.25) is 0 Å². The number of carbonyl (C=O) groups excluding carboxylic acids is 3. The zero-order chi connectivity index (χ0) is 29.1. The monoisotopic (exact) mass is 560 g/mol. The zero-order valence-corrected chi connectivity index (χ0v) is 23.7. The normalized spacial score (nSPS) is 61.1. The van der Waals surface area contributed by atoms with Crippen molar-refractivity contribution in [1.82, 2.24) is 0 Å². The van der Waals surface area contributed by atoms with E-state index in [9.17, 15) is 34.8 Å². The summed E-state index contributed by atoms with van der Waals surface area (Å²) < 4.78 is 17.2. The summed E-state index contributed by atoms with van der Waals surface area (Å²) in [6, 6.07) is 0. The summed E-state index contributed by atoms with van der Waals surface area (Å²) in [5.74, 6) is -5.15. The van der Waals surface area contributed by atoms with Crippen LogP contribution in [0.1, 0.15) is 54.4 Å². The number of aliphatic hydroxyl groups excluding tert-OH is 3. The Morgan fingerprint density at radius 1 is 1.02 bits per heavy atom. The van der Waals surface area contributed by atoms with E-state index in [0.29, 0.717) is 12.2 Å². The van der Waals surface area contributed by atoms with Crippen molar-refractivity contribution >= 4 is 17.7 Å². The van der Waals surface area contributed by atoms with Crippen molar-refractivity contribution < 1.29 is 49.0 Å². The average Bonchev–Trinajstić information content (AvgIpc) is 3.56. The van der Waals surface area contributed by atoms with E-state index in [1.54, 1.807) is 6.92 Å². The minimum atomic E-state index is -1.92. The van der Waals surface area contributed by atoms with Gasteiger partial charge in [0.15, 0.2) is 11.4 Å². The third kappa shape index (κ3) is 2.76. The van der Waals surface area contributed by atoms with Gasteiger partial charge in [0, 0.05) is 35.5 Å². The predicted octanol–water partition coefficient (Wildman–Crippen LogP) is 0.729. The number of hydrogen-bond acceptors (Lipinski definition) is 10. The lowest BCUT2D eigenvalue weighted by Gasteiger charge is -2.63. The molecule has 2 aliphatic heterocycles. The molecule has 0 aromatic heterocycles. The van der Waals surface area contributed by atoms with Crippen molar-refractivity contribution in [2.75, 3.05) is 0 Å². The van der Waals surface area contributed by atoms with Gasteiger partial charge in [-0.2, -0.15) is 0 Å². The van der Waals surface area contributed by atoms with Gasteiger partial charge in [-0.3, -0.25) is 9.59 Å². The van der Waals surface area contributed by atoms with Gasteiger partial charge in [-0.15, -0.1) is 0 Å². The van der Waals surface area contributed by atoms with E-state index < -0.39 is 87.8 Å². The van der Waals surface area contributed by atoms with Crippen LogP contribution in [-0.4, -0.2) is 80.4 Å². The number of fused-ring (bicyclic) bond motifs is 10. The maximum absolute atomic E-state index is 14.0. The van der Waals surface area contributed by atoms with Gasteiger partial charge >= 0.3 is 11.9 Å². The summed E-state index contributed by atoms with van der Waals surface area (Å²) in [6.07, 6.45) is -2.30. The second-order valence-corrected chi connectivity index (χ2v) is 14.6. The van der Waals surface area contributed by atoms with E-state index in [0.717, 1.165) is 0 Å². The molecule has 0 spiro atoms. The Bertz CT molecular complexity index is 1240. The minimum Gasteiger partial charge on any atom is -0.459 e. The van der Waals surface area contributed by atoms with Crippen LogP contribution in [-0.2, 0) is 28.6 Å². The van der Waals surface area contributed by atoms with E-state index in [1.807, 2.05) is 26.8 Å². The Hall–Kier alpha value is -1.85. The van der Waals surface area contributed by atoms with Gasteiger partial charge in [0.25, 0.3) is 0 Å². The zero-order valence-electron chi connectivity index (χ0n) is 23.7. The predicted molar refractivity (Wildman–Crippen MR) is 136 cm³/mol. The molecule has 7 rings (SSSR count). The van der Waals surface area contributed by atoms with E-state index >= 15 is 0 Å². The maximum Gasteiger partial charge on any atom is 0.343 e. The summed E-state index contributed by atoms with van der Waals surface area (Å²) in [4.78, 5) is 39.0. The molecule has 17 atom stereocenters. The largest absolute Gasteiger partial charge is 0.459 e. The molecule has 0 amide bonds. The van der Waals surface area contributed by atoms with Crippen LogP contribution in [0.15, 0.2) is 11.8 Å². The van der Waals surface area contributed by atoms with E-state index in [2.05, 4.69) is 0 Å². The Morgan fingerprint density at radius 2 is 1.70 bits per heavy atom. The van der Waals surface area contributed by atoms with Crippen molar-refractivity contribution in [3.8, 4) is 0 Å². The molecule has 2 heterocycles. The van der Waals surface area contributed by atoms with E-state index in [-0.39, 0.29) is 36.2 Å². The van der Waals surface area contributed by atoms with Gasteiger partial charge in [-0.25, -0.2) is 4.79 Å². The molecule has 2 saturated heterocycles. The average molecular weight is 561 g/mol. The quantitative estimate of drug-likeness (QED) is 0.266. The Balaban J connectivity index is 1.38. The molecule has 4 saturated carbocycles. The van der Waals surface area contributed by atoms with Gasteiger partial charge in [-0.05, 0) is 56.4 Å². The number of hydrogen-bond donors (Lipinski definition) is 4. The van der Waals surface area contributed by atoms with Crippen molar-refractivity contribution in [2.45, 2.75) is 96.6 Å². The molecular formula is C30H40O10. The van der Waals surface area contributed by atoms with Crippen LogP contribution in [0.5, 0.6) is 0 Å². The maximum atomic E-state index is 14.0. The van der Waals surface area contributed by atoms with E-state index in [4.69, 9.17) is 14.2 Å². The van der Waals surface area contributed by atoms with Crippen molar-refractivity contribution in [2.24, 2.45) is 57.7 Å². The second kappa shape index (κ2) is 7.75. The first kappa shape index (κ1) is 27.0. The molecule has 0 radical (unpaired) electrons. The van der Waals surface area contributed by atoms with Crippen molar-refractivity contribution in [1.29, 1.82) is 0 Å². The molecule has 10 nitrogen and oxygen atoms in total. The Labute approximate surface area is 233 Å². The highest BCUT2D eigenvalue weighted by atomic mass is 16.6. The minimum absolute atomic E-state index is 0.221. The van der Waals surface area contributed by atoms with E-state index in [1.165, 1.54) is 13.8 Å². The van der Waals surface area contributed by atoms with Gasteiger partial charge < -0.3 is 34.6 Å². The molecule has 0 aromatic carbocycles. The van der Waals surface area contributed by atoms with Crippen LogP contribution in [0, 0.1) is 57.7 Å². The lowest BCUT2D eigenvalue weighted by atomic mass is 9.42. The Morgan fingerprint density at radius 3 is 2.35 bits per heavy atom. The first-order valence-electron chi connectivity index (χ1n) is 14.6. The number of rotatable bonds is 1. The fraction of sp³-hybridized carbons (Fsp3) is 0.833. The fourth-order valence-corrected chi connectivity index (χ4v) is 11.2. The summed E-state index contributed by atoms with van der Waals surface area (Å²) in [5.41, 5.74) is -5.06. The summed E-state index contributed by atoms with van der Waals surface area (Å²) in [7, 11) is 0. The molecule has 0 bridgehead atoms. The standard InChI is InChI=1S/C30H40O10/c1-10-7-16-29(5,30(6,37)26(36)40-16)20-18(10)28(4)15(32)9-12-17(19(28)23(20)35)22(34)21(33)13-8-14-24(39-14)25(27(12,13)3)38-11(2)31/h7,10,12-15,17-20,22-25,32,34-35,37H,8-9H2,1-6H3/t10-,12+,13-,14+,15+,17-,18+,19-,20+,22-,23-,24+,25+,27-,28-,29+,30-/m1/s1. The molecule has 6 fully saturated rings. The molecule has 220 valence electrons. The first-order chi connectivity index (χ1) is 18.5. The topological polar surface area (TPSA) is 163 Å². The molecule has 40 heavy (non-hydrogen) atoms. The van der Waals surface area contributed by atoms with Gasteiger partial charge in [0.1, 0.15) is 24.1 Å². The van der Waals surface area contributed by atoms with Gasteiger partial charge in [-0.1, -0.05) is 20.8 Å². The number of esters is 2. The molecule has 4 N–H and O–H groups in total. The number of allylic oxidation sites excluding steroid dienone is 1. The third-order valence-corrected chi connectivity index (χ3v) is 13.2. The molecule has 5 aliphatic carbocycles. The van der Waals surface area contributed by atoms with Crippen molar-refractivity contribution in [3.05, 3.63) is 11.8 Å². The molecule has 0 unspecified atom stereocenters. The molecule has 10 heteroatoms. The van der Waals surface area contributed by atoms with Crippen LogP contribution in [0.25, 0.3) is 0 Å². The number of Topliss-reactive ketones (excluding diaryl/α,β-unsaturated/α-hetero) is 1. The van der Waals surface area contributed by atoms with Crippen LogP contribution >= 0.6 is 0 Å². The molecular weight excluding hydrogens is 520 g/mol. The molecule has 0 aromatic rings. The first-order valence-corrected chi connectivity index (χ1v) is 14.6. The van der Waals surface area contributed by atoms with Crippen LogP contribution < -0.4 is 0 Å². The number of epoxide rings is 1. The summed E-state index contributed by atoms with van der Waals surface area (Å²) in [6.45, 7) is 10.2. The van der Waals surface area contributed by atoms with Crippen molar-refractivity contribution in [3.63, 3.8) is 0 Å². The molecule has 7 aliphatic rings. The lowest BCUT2D eigenvalue weighted by Crippen LogP contribution is -2.69. The number of aliphatic hydroxyl groups is 4. The number of ketones is 1. The van der Waals surface area contributed by atoms with Crippen LogP contribution in [0.4, 0.5) is 0 Å². The second-order valence-electron chi connectivity index (χ2n) is 14.6. The highest BCUT2D eigenvalue weighted by molar-refractivity contribution is 5.88. The SMILES string of the molecule is CC(=O)O[C@H]1[C@H]2O[C@H]2C[C@@H]2C(=O)[C@H](O)[C@H]3[C@@H]4[C@@H](O)[C@@H]5[C@H]([C@H](C)C=C6OC(=O)[C@@](C)(O)[C@@]65C)[C@@]4(C)[C@@H](O)C[C@@H]3[C@]21C. The lowest BCUT2D eigenvalue weighted by molar-refractivity contribution is -0.228.